The number of aromatic nitrogens is 3. The zero-order chi connectivity index (χ0) is 37.5. The third-order valence-corrected chi connectivity index (χ3v) is 7.03. The van der Waals surface area contributed by atoms with Crippen LogP contribution in [0.15, 0.2) is 122 Å². The van der Waals surface area contributed by atoms with Crippen LogP contribution < -0.4 is 0 Å². The minimum atomic E-state index is -2.18. The summed E-state index contributed by atoms with van der Waals surface area (Å²) in [5.74, 6) is 0. The summed E-state index contributed by atoms with van der Waals surface area (Å²) in [4.78, 5) is 8.64. The Morgan fingerprint density at radius 2 is 1.47 bits per heavy atom. The number of rotatable bonds is 4. The Morgan fingerprint density at radius 1 is 0.711 bits per heavy atom. The van der Waals surface area contributed by atoms with E-state index in [1.165, 1.54) is 29.8 Å². The number of fused-ring (bicyclic) bond motifs is 3. The summed E-state index contributed by atoms with van der Waals surface area (Å²) in [6, 6.07) is 40.4. The second-order valence-electron chi connectivity index (χ2n) is 11.6. The number of benzene rings is 4. The third kappa shape index (κ3) is 7.48. The van der Waals surface area contributed by atoms with Gasteiger partial charge in [0.15, 0.2) is 0 Å². The van der Waals surface area contributed by atoms with Crippen LogP contribution in [0.4, 0.5) is 0 Å². The number of hydrogen-bond acceptors (Lipinski definition) is 2. The number of para-hydroxylation sites is 2. The van der Waals surface area contributed by atoms with E-state index in [1.807, 2.05) is 51.1 Å². The molecule has 0 amide bonds. The molecule has 4 heteroatoms. The first kappa shape index (κ1) is 23.0. The van der Waals surface area contributed by atoms with Crippen LogP contribution in [0.25, 0.3) is 50.0 Å². The molecule has 4 aromatic carbocycles. The maximum atomic E-state index is 8.65. The Hall–Kier alpha value is -4.37. The van der Waals surface area contributed by atoms with Gasteiger partial charge in [-0.25, -0.2) is 0 Å². The molecule has 0 fully saturated rings. The monoisotopic (exact) mass is 772 g/mol. The van der Waals surface area contributed by atoms with Crippen LogP contribution in [0.3, 0.4) is 0 Å². The molecular weight excluding hydrogens is 727 g/mol. The summed E-state index contributed by atoms with van der Waals surface area (Å²) >= 11 is 0. The van der Waals surface area contributed by atoms with Crippen LogP contribution in [0.2, 0.25) is 0 Å². The molecular formula is C41H37IrN3-2. The van der Waals surface area contributed by atoms with Gasteiger partial charge in [0.05, 0.1) is 0 Å². The zero-order valence-corrected chi connectivity index (χ0v) is 27.6. The summed E-state index contributed by atoms with van der Waals surface area (Å²) in [6.07, 6.45) is 1.51. The van der Waals surface area contributed by atoms with Gasteiger partial charge in [0, 0.05) is 54.7 Å². The van der Waals surface area contributed by atoms with E-state index in [-0.39, 0.29) is 31.2 Å². The molecule has 7 rings (SSSR count). The van der Waals surface area contributed by atoms with Crippen molar-refractivity contribution in [3.05, 3.63) is 150 Å². The topological polar surface area (TPSA) is 30.7 Å². The summed E-state index contributed by atoms with van der Waals surface area (Å²) in [6.45, 7) is 1.42. The zero-order valence-electron chi connectivity index (χ0n) is 33.2. The molecule has 0 saturated carbocycles. The van der Waals surface area contributed by atoms with Crippen LogP contribution in [-0.2, 0) is 26.5 Å². The molecule has 0 spiro atoms. The van der Waals surface area contributed by atoms with Crippen LogP contribution in [0.5, 0.6) is 0 Å². The molecule has 3 nitrogen and oxygen atoms in total. The van der Waals surface area contributed by atoms with Crippen LogP contribution >= 0.6 is 0 Å². The molecule has 0 aliphatic carbocycles. The van der Waals surface area contributed by atoms with Crippen molar-refractivity contribution < 1.29 is 31.1 Å². The molecule has 0 aliphatic heterocycles. The van der Waals surface area contributed by atoms with Gasteiger partial charge in [0.1, 0.15) is 0 Å². The SMILES string of the molecule is [2H]C([2H])([2H])c1c[c-]c(-c2ccc(C([2H])([2H])[2H])cn2)cc1.[2H]C([2H])(c1ccnc(-c2[c-]cc3c4ccccc4n(-c4ccccc4)c3c2)c1)C(C)(C)C.[Ir]. The Balaban J connectivity index is 0.000000223. The van der Waals surface area contributed by atoms with Gasteiger partial charge in [-0.05, 0) is 70.8 Å². The maximum absolute atomic E-state index is 8.65. The minimum Gasteiger partial charge on any atom is -0.328 e. The summed E-state index contributed by atoms with van der Waals surface area (Å²) in [5, 5.41) is 2.31. The molecule has 0 atom stereocenters. The van der Waals surface area contributed by atoms with E-state index in [2.05, 4.69) is 69.1 Å². The van der Waals surface area contributed by atoms with E-state index in [9.17, 15) is 0 Å². The fourth-order valence-corrected chi connectivity index (χ4v) is 5.14. The number of nitrogens with zero attached hydrogens (tertiary/aromatic N) is 3. The van der Waals surface area contributed by atoms with Gasteiger partial charge in [-0.3, -0.25) is 0 Å². The predicted molar refractivity (Wildman–Crippen MR) is 184 cm³/mol. The van der Waals surface area contributed by atoms with Gasteiger partial charge in [-0.2, -0.15) is 0 Å². The normalized spacial score (nSPS) is 14.6. The average molecular weight is 772 g/mol. The van der Waals surface area contributed by atoms with E-state index in [0.29, 0.717) is 16.8 Å². The van der Waals surface area contributed by atoms with Crippen molar-refractivity contribution in [2.75, 3.05) is 0 Å². The molecule has 3 aromatic heterocycles. The molecule has 227 valence electrons. The molecule has 0 bridgehead atoms. The molecule has 0 N–H and O–H groups in total. The Bertz CT molecular complexity index is 2270. The second kappa shape index (κ2) is 13.7. The van der Waals surface area contributed by atoms with Crippen molar-refractivity contribution in [3.63, 3.8) is 0 Å². The van der Waals surface area contributed by atoms with Crippen molar-refractivity contribution in [3.8, 4) is 28.2 Å². The van der Waals surface area contributed by atoms with Crippen LogP contribution in [0.1, 0.15) is 48.4 Å². The Labute approximate surface area is 291 Å². The first-order valence-corrected chi connectivity index (χ1v) is 14.4. The van der Waals surface area contributed by atoms with Crippen molar-refractivity contribution in [1.29, 1.82) is 0 Å². The number of pyridine rings is 2. The van der Waals surface area contributed by atoms with E-state index in [4.69, 9.17) is 11.0 Å². The predicted octanol–water partition coefficient (Wildman–Crippen LogP) is 10.4. The fourth-order valence-electron chi connectivity index (χ4n) is 5.14. The summed E-state index contributed by atoms with van der Waals surface area (Å²) in [7, 11) is 0. The summed E-state index contributed by atoms with van der Waals surface area (Å²) in [5.41, 5.74) is 6.55. The fraction of sp³-hybridized carbons (Fsp3) is 0.171. The largest absolute Gasteiger partial charge is 0.328 e. The van der Waals surface area contributed by atoms with E-state index in [1.54, 1.807) is 24.4 Å². The van der Waals surface area contributed by atoms with Crippen molar-refractivity contribution >= 4 is 21.8 Å². The van der Waals surface area contributed by atoms with Gasteiger partial charge in [-0.15, -0.1) is 59.2 Å². The standard InChI is InChI=1S/C28H25N2.C13H12N.Ir/c1-28(2,3)19-20-15-16-29-25(17-20)21-13-14-24-23-11-7-8-12-26(23)30(27(24)18-21)22-9-5-4-6-10-22;1-10-3-6-12(7-4-10)13-8-5-11(2)9-14-13;/h4-12,14-18H,19H2,1-3H3;3-6,8-9H,1-2H3;/q2*-1;/i19D2;1D3,2D3;. The second-order valence-corrected chi connectivity index (χ2v) is 11.6. The van der Waals surface area contributed by atoms with Crippen LogP contribution in [-0.4, -0.2) is 14.5 Å². The van der Waals surface area contributed by atoms with Crippen LogP contribution in [0, 0.1) is 31.3 Å². The van der Waals surface area contributed by atoms with Crippen molar-refractivity contribution in [1.82, 2.24) is 14.5 Å². The average Bonchev–Trinajstić information content (AvgIpc) is 3.45. The van der Waals surface area contributed by atoms with Gasteiger partial charge < -0.3 is 14.5 Å². The number of aryl methyl sites for hydroxylation is 2. The van der Waals surface area contributed by atoms with E-state index in [0.717, 1.165) is 33.4 Å². The van der Waals surface area contributed by atoms with Crippen molar-refractivity contribution in [2.24, 2.45) is 5.41 Å². The van der Waals surface area contributed by atoms with Crippen molar-refractivity contribution in [2.45, 2.75) is 40.8 Å². The van der Waals surface area contributed by atoms with Gasteiger partial charge in [-0.1, -0.05) is 93.2 Å². The molecule has 1 radical (unpaired) electrons. The van der Waals surface area contributed by atoms with Gasteiger partial charge >= 0.3 is 0 Å². The Morgan fingerprint density at radius 3 is 2.18 bits per heavy atom. The first-order valence-electron chi connectivity index (χ1n) is 18.4. The quantitative estimate of drug-likeness (QED) is 0.167. The summed E-state index contributed by atoms with van der Waals surface area (Å²) < 4.78 is 63.2. The van der Waals surface area contributed by atoms with Gasteiger partial charge in [0.25, 0.3) is 0 Å². The minimum absolute atomic E-state index is 0. The molecule has 3 heterocycles. The number of hydrogen-bond donors (Lipinski definition) is 0. The molecule has 0 aliphatic rings. The van der Waals surface area contributed by atoms with E-state index >= 15 is 0 Å². The van der Waals surface area contributed by atoms with E-state index < -0.39 is 25.5 Å². The first-order chi connectivity index (χ1) is 24.4. The molecule has 7 aromatic rings. The smallest absolute Gasteiger partial charge is 0.0444 e. The van der Waals surface area contributed by atoms with Gasteiger partial charge in [0.2, 0.25) is 0 Å². The maximum Gasteiger partial charge on any atom is 0.0444 e. The molecule has 45 heavy (non-hydrogen) atoms. The molecule has 0 unspecified atom stereocenters. The third-order valence-electron chi connectivity index (χ3n) is 7.03. The molecule has 0 saturated heterocycles. The Kier molecular flexibility index (Phi) is 7.03.